The summed E-state index contributed by atoms with van der Waals surface area (Å²) in [5.41, 5.74) is 9.44. The number of pyridine rings is 1. The lowest BCUT2D eigenvalue weighted by Gasteiger charge is -2.16. The minimum atomic E-state index is -0.304. The van der Waals surface area contributed by atoms with Gasteiger partial charge in [0.15, 0.2) is 0 Å². The van der Waals surface area contributed by atoms with E-state index >= 15 is 0 Å². The Morgan fingerprint density at radius 2 is 1.68 bits per heavy atom. The molecule has 1 aliphatic carbocycles. The monoisotopic (exact) mass is 371 g/mol. The maximum Gasteiger partial charge on any atom is 0.340 e. The summed E-state index contributed by atoms with van der Waals surface area (Å²) in [5, 5.41) is 0. The number of benzene rings is 2. The Balaban J connectivity index is 1.98. The summed E-state index contributed by atoms with van der Waals surface area (Å²) in [7, 11) is 0. The van der Waals surface area contributed by atoms with Gasteiger partial charge in [-0.05, 0) is 74.4 Å². The van der Waals surface area contributed by atoms with E-state index in [1.165, 1.54) is 22.3 Å². The third kappa shape index (κ3) is 3.33. The van der Waals surface area contributed by atoms with Crippen molar-refractivity contribution in [1.29, 1.82) is 0 Å². The molecule has 0 N–H and O–H groups in total. The van der Waals surface area contributed by atoms with Gasteiger partial charge in [0, 0.05) is 11.1 Å². The van der Waals surface area contributed by atoms with Crippen LogP contribution in [-0.4, -0.2) is 17.6 Å². The topological polar surface area (TPSA) is 39.2 Å². The van der Waals surface area contributed by atoms with Gasteiger partial charge in [0.05, 0.1) is 23.6 Å². The van der Waals surface area contributed by atoms with Crippen molar-refractivity contribution in [3.8, 4) is 22.5 Å². The second-order valence-electron chi connectivity index (χ2n) is 7.43. The smallest absolute Gasteiger partial charge is 0.340 e. The van der Waals surface area contributed by atoms with E-state index in [0.29, 0.717) is 17.9 Å². The lowest BCUT2D eigenvalue weighted by atomic mass is 9.94. The zero-order valence-electron chi connectivity index (χ0n) is 16.7. The minimum Gasteiger partial charge on any atom is -0.462 e. The van der Waals surface area contributed by atoms with Crippen LogP contribution in [0.4, 0.5) is 0 Å². The first kappa shape index (κ1) is 18.4. The van der Waals surface area contributed by atoms with Gasteiger partial charge in [0.1, 0.15) is 0 Å². The van der Waals surface area contributed by atoms with E-state index in [-0.39, 0.29) is 5.97 Å². The standard InChI is InChI=1S/C25H25NO2/c1-4-28-25(27)22-15-20-12-8-11-19-13-16(2)17(3)14-21(19)24(20)26-23(22)18-9-6-5-7-10-18/h5-7,9-10,13-15H,4,8,11-12H2,1-3H3. The van der Waals surface area contributed by atoms with Crippen LogP contribution in [0, 0.1) is 13.8 Å². The van der Waals surface area contributed by atoms with Crippen molar-refractivity contribution >= 4 is 5.97 Å². The van der Waals surface area contributed by atoms with Gasteiger partial charge in [-0.1, -0.05) is 36.4 Å². The Bertz CT molecular complexity index is 1040. The summed E-state index contributed by atoms with van der Waals surface area (Å²) in [6.07, 6.45) is 3.00. The number of aryl methyl sites for hydroxylation is 4. The quantitative estimate of drug-likeness (QED) is 0.555. The van der Waals surface area contributed by atoms with E-state index in [0.717, 1.165) is 36.1 Å². The highest BCUT2D eigenvalue weighted by Crippen LogP contribution is 2.36. The van der Waals surface area contributed by atoms with E-state index < -0.39 is 0 Å². The van der Waals surface area contributed by atoms with Crippen molar-refractivity contribution in [2.75, 3.05) is 6.61 Å². The van der Waals surface area contributed by atoms with Crippen LogP contribution in [0.15, 0.2) is 48.5 Å². The van der Waals surface area contributed by atoms with Crippen LogP contribution in [0.25, 0.3) is 22.5 Å². The molecule has 3 nitrogen and oxygen atoms in total. The highest BCUT2D eigenvalue weighted by molar-refractivity contribution is 5.97. The largest absolute Gasteiger partial charge is 0.462 e. The van der Waals surface area contributed by atoms with Crippen LogP contribution >= 0.6 is 0 Å². The minimum absolute atomic E-state index is 0.304. The summed E-state index contributed by atoms with van der Waals surface area (Å²) in [4.78, 5) is 17.8. The van der Waals surface area contributed by atoms with E-state index in [2.05, 4.69) is 26.0 Å². The zero-order valence-corrected chi connectivity index (χ0v) is 16.7. The lowest BCUT2D eigenvalue weighted by Crippen LogP contribution is -2.10. The summed E-state index contributed by atoms with van der Waals surface area (Å²) < 4.78 is 5.34. The fraction of sp³-hybridized carbons (Fsp3) is 0.280. The number of hydrogen-bond donors (Lipinski definition) is 0. The second kappa shape index (κ2) is 7.59. The molecule has 0 spiro atoms. The molecular weight excluding hydrogens is 346 g/mol. The second-order valence-corrected chi connectivity index (χ2v) is 7.43. The Hall–Kier alpha value is -2.94. The molecule has 4 rings (SSSR count). The summed E-state index contributed by atoms with van der Waals surface area (Å²) >= 11 is 0. The Morgan fingerprint density at radius 3 is 2.43 bits per heavy atom. The average molecular weight is 371 g/mol. The molecule has 3 aromatic rings. The fourth-order valence-corrected chi connectivity index (χ4v) is 3.93. The van der Waals surface area contributed by atoms with Crippen LogP contribution < -0.4 is 0 Å². The number of ether oxygens (including phenoxy) is 1. The molecule has 0 atom stereocenters. The number of aromatic nitrogens is 1. The molecule has 0 fully saturated rings. The van der Waals surface area contributed by atoms with E-state index in [4.69, 9.17) is 9.72 Å². The van der Waals surface area contributed by atoms with Gasteiger partial charge >= 0.3 is 5.97 Å². The molecule has 0 unspecified atom stereocenters. The molecule has 0 saturated carbocycles. The molecule has 2 aromatic carbocycles. The predicted molar refractivity (Wildman–Crippen MR) is 113 cm³/mol. The van der Waals surface area contributed by atoms with Gasteiger partial charge in [-0.25, -0.2) is 9.78 Å². The Morgan fingerprint density at radius 1 is 0.964 bits per heavy atom. The summed E-state index contributed by atoms with van der Waals surface area (Å²) in [5.74, 6) is -0.304. The molecule has 3 heteroatoms. The van der Waals surface area contributed by atoms with E-state index in [9.17, 15) is 4.79 Å². The van der Waals surface area contributed by atoms with Crippen LogP contribution in [0.3, 0.4) is 0 Å². The Kier molecular flexibility index (Phi) is 4.99. The third-order valence-electron chi connectivity index (χ3n) is 5.51. The maximum atomic E-state index is 12.7. The maximum absolute atomic E-state index is 12.7. The van der Waals surface area contributed by atoms with Crippen molar-refractivity contribution in [2.24, 2.45) is 0 Å². The van der Waals surface area contributed by atoms with Crippen LogP contribution in [0.2, 0.25) is 0 Å². The van der Waals surface area contributed by atoms with Gasteiger partial charge in [0.25, 0.3) is 0 Å². The molecule has 1 aliphatic rings. The van der Waals surface area contributed by atoms with E-state index in [1.54, 1.807) is 0 Å². The summed E-state index contributed by atoms with van der Waals surface area (Å²) in [6.45, 7) is 6.49. The van der Waals surface area contributed by atoms with Crippen molar-refractivity contribution in [2.45, 2.75) is 40.0 Å². The number of fused-ring (bicyclic) bond motifs is 3. The first-order chi connectivity index (χ1) is 13.6. The van der Waals surface area contributed by atoms with Crippen molar-refractivity contribution in [3.63, 3.8) is 0 Å². The van der Waals surface area contributed by atoms with Crippen LogP contribution in [0.5, 0.6) is 0 Å². The van der Waals surface area contributed by atoms with Gasteiger partial charge in [-0.15, -0.1) is 0 Å². The molecule has 0 bridgehead atoms. The van der Waals surface area contributed by atoms with E-state index in [1.807, 2.05) is 43.3 Å². The first-order valence-electron chi connectivity index (χ1n) is 9.95. The highest BCUT2D eigenvalue weighted by Gasteiger charge is 2.23. The average Bonchev–Trinajstić information content (AvgIpc) is 2.87. The van der Waals surface area contributed by atoms with Crippen LogP contribution in [0.1, 0.15) is 46.0 Å². The number of hydrogen-bond acceptors (Lipinski definition) is 3. The van der Waals surface area contributed by atoms with Gasteiger partial charge in [-0.3, -0.25) is 0 Å². The lowest BCUT2D eigenvalue weighted by molar-refractivity contribution is 0.0527. The number of nitrogens with zero attached hydrogens (tertiary/aromatic N) is 1. The van der Waals surface area contributed by atoms with Crippen molar-refractivity contribution in [1.82, 2.24) is 4.98 Å². The summed E-state index contributed by atoms with van der Waals surface area (Å²) in [6, 6.07) is 16.5. The highest BCUT2D eigenvalue weighted by atomic mass is 16.5. The molecule has 1 heterocycles. The fourth-order valence-electron chi connectivity index (χ4n) is 3.93. The number of carbonyl (C=O) groups is 1. The number of esters is 1. The zero-order chi connectivity index (χ0) is 19.7. The van der Waals surface area contributed by atoms with Gasteiger partial charge < -0.3 is 4.74 Å². The van der Waals surface area contributed by atoms with Crippen LogP contribution in [-0.2, 0) is 17.6 Å². The molecule has 0 amide bonds. The predicted octanol–water partition coefficient (Wildman–Crippen LogP) is 5.70. The molecular formula is C25H25NO2. The molecule has 0 radical (unpaired) electrons. The molecule has 1 aromatic heterocycles. The Labute approximate surface area is 166 Å². The number of carbonyl (C=O) groups excluding carboxylic acids is 1. The van der Waals surface area contributed by atoms with Gasteiger partial charge in [-0.2, -0.15) is 0 Å². The molecule has 142 valence electrons. The van der Waals surface area contributed by atoms with Crippen molar-refractivity contribution in [3.05, 3.63) is 76.3 Å². The molecule has 0 aliphatic heterocycles. The normalized spacial score (nSPS) is 12.7. The third-order valence-corrected chi connectivity index (χ3v) is 5.51. The van der Waals surface area contributed by atoms with Crippen molar-refractivity contribution < 1.29 is 9.53 Å². The molecule has 0 saturated heterocycles. The van der Waals surface area contributed by atoms with Gasteiger partial charge in [0.2, 0.25) is 0 Å². The molecule has 28 heavy (non-hydrogen) atoms. The number of rotatable bonds is 3. The SMILES string of the molecule is CCOC(=O)c1cc2c(nc1-c1ccccc1)-c1cc(C)c(C)cc1CCC2. The first-order valence-corrected chi connectivity index (χ1v) is 9.95.